The Balaban J connectivity index is 1.99. The SMILES string of the molecule is COc1ccc(NCC2(CO)COC2)c(C)c1. The maximum atomic E-state index is 9.33. The molecule has 4 heteroatoms. The summed E-state index contributed by atoms with van der Waals surface area (Å²) < 4.78 is 10.3. The molecule has 1 fully saturated rings. The van der Waals surface area contributed by atoms with E-state index in [2.05, 4.69) is 5.32 Å². The molecule has 0 saturated carbocycles. The summed E-state index contributed by atoms with van der Waals surface area (Å²) in [4.78, 5) is 0. The number of hydrogen-bond donors (Lipinski definition) is 2. The first-order valence-electron chi connectivity index (χ1n) is 5.76. The van der Waals surface area contributed by atoms with Crippen LogP contribution in [0.2, 0.25) is 0 Å². The van der Waals surface area contributed by atoms with Gasteiger partial charge in [0.1, 0.15) is 5.75 Å². The zero-order valence-corrected chi connectivity index (χ0v) is 10.3. The minimum atomic E-state index is -0.105. The maximum Gasteiger partial charge on any atom is 0.119 e. The van der Waals surface area contributed by atoms with Gasteiger partial charge in [-0.1, -0.05) is 0 Å². The van der Waals surface area contributed by atoms with Crippen LogP contribution in [0.3, 0.4) is 0 Å². The summed E-state index contributed by atoms with van der Waals surface area (Å²) in [6.07, 6.45) is 0. The second-order valence-corrected chi connectivity index (χ2v) is 4.69. The lowest BCUT2D eigenvalue weighted by atomic mass is 9.87. The van der Waals surface area contributed by atoms with Gasteiger partial charge in [-0.05, 0) is 30.7 Å². The highest BCUT2D eigenvalue weighted by Crippen LogP contribution is 2.28. The van der Waals surface area contributed by atoms with E-state index in [-0.39, 0.29) is 12.0 Å². The predicted octanol–water partition coefficient (Wildman–Crippen LogP) is 1.42. The number of methoxy groups -OCH3 is 1. The Kier molecular flexibility index (Phi) is 3.54. The molecule has 2 N–H and O–H groups in total. The Morgan fingerprint density at radius 3 is 2.71 bits per heavy atom. The van der Waals surface area contributed by atoms with Crippen LogP contribution in [-0.2, 0) is 4.74 Å². The molecule has 0 unspecified atom stereocenters. The summed E-state index contributed by atoms with van der Waals surface area (Å²) in [7, 11) is 1.66. The fraction of sp³-hybridized carbons (Fsp3) is 0.538. The highest BCUT2D eigenvalue weighted by molar-refractivity contribution is 5.53. The van der Waals surface area contributed by atoms with Crippen LogP contribution in [0.5, 0.6) is 5.75 Å². The number of nitrogens with one attached hydrogen (secondary N) is 1. The summed E-state index contributed by atoms with van der Waals surface area (Å²) in [6, 6.07) is 5.92. The molecule has 94 valence electrons. The Bertz CT molecular complexity index is 383. The predicted molar refractivity (Wildman–Crippen MR) is 66.6 cm³/mol. The molecule has 0 aromatic heterocycles. The Labute approximate surface area is 102 Å². The zero-order chi connectivity index (χ0) is 12.3. The van der Waals surface area contributed by atoms with Crippen molar-refractivity contribution in [2.45, 2.75) is 6.92 Å². The van der Waals surface area contributed by atoms with Crippen molar-refractivity contribution in [1.82, 2.24) is 0 Å². The van der Waals surface area contributed by atoms with Crippen molar-refractivity contribution < 1.29 is 14.6 Å². The van der Waals surface area contributed by atoms with Crippen molar-refractivity contribution in [1.29, 1.82) is 0 Å². The number of aryl methyl sites for hydroxylation is 1. The van der Waals surface area contributed by atoms with Crippen LogP contribution in [0.4, 0.5) is 5.69 Å². The standard InChI is InChI=1S/C13H19NO3/c1-10-5-11(16-2)3-4-12(10)14-6-13(7-15)8-17-9-13/h3-5,14-15H,6-9H2,1-2H3. The van der Waals surface area contributed by atoms with E-state index in [1.165, 1.54) is 0 Å². The lowest BCUT2D eigenvalue weighted by molar-refractivity contribution is -0.128. The van der Waals surface area contributed by atoms with Gasteiger partial charge >= 0.3 is 0 Å². The van der Waals surface area contributed by atoms with E-state index in [0.717, 1.165) is 23.5 Å². The number of benzene rings is 1. The van der Waals surface area contributed by atoms with Crippen molar-refractivity contribution in [3.05, 3.63) is 23.8 Å². The van der Waals surface area contributed by atoms with Gasteiger partial charge in [0.25, 0.3) is 0 Å². The van der Waals surface area contributed by atoms with Gasteiger partial charge < -0.3 is 19.9 Å². The van der Waals surface area contributed by atoms with Crippen molar-refractivity contribution >= 4 is 5.69 Å². The number of aliphatic hydroxyl groups is 1. The summed E-state index contributed by atoms with van der Waals surface area (Å²) in [5, 5.41) is 12.7. The van der Waals surface area contributed by atoms with E-state index in [4.69, 9.17) is 9.47 Å². The largest absolute Gasteiger partial charge is 0.497 e. The average molecular weight is 237 g/mol. The van der Waals surface area contributed by atoms with E-state index in [0.29, 0.717) is 13.2 Å². The second-order valence-electron chi connectivity index (χ2n) is 4.69. The number of rotatable bonds is 5. The summed E-state index contributed by atoms with van der Waals surface area (Å²) in [5.74, 6) is 0.858. The molecule has 1 heterocycles. The molecular formula is C13H19NO3. The fourth-order valence-electron chi connectivity index (χ4n) is 1.88. The quantitative estimate of drug-likeness (QED) is 0.813. The molecule has 1 aromatic carbocycles. The van der Waals surface area contributed by atoms with E-state index in [1.807, 2.05) is 25.1 Å². The number of hydrogen-bond acceptors (Lipinski definition) is 4. The summed E-state index contributed by atoms with van der Waals surface area (Å²) in [5.41, 5.74) is 2.11. The molecule has 0 radical (unpaired) electrons. The van der Waals surface area contributed by atoms with Gasteiger partial charge in [-0.15, -0.1) is 0 Å². The minimum Gasteiger partial charge on any atom is -0.497 e. The van der Waals surface area contributed by atoms with Crippen molar-refractivity contribution in [2.24, 2.45) is 5.41 Å². The van der Waals surface area contributed by atoms with E-state index in [1.54, 1.807) is 7.11 Å². The first kappa shape index (κ1) is 12.2. The van der Waals surface area contributed by atoms with Crippen LogP contribution < -0.4 is 10.1 Å². The molecule has 0 bridgehead atoms. The van der Waals surface area contributed by atoms with Crippen molar-refractivity contribution in [2.75, 3.05) is 38.8 Å². The van der Waals surface area contributed by atoms with Crippen LogP contribution in [0, 0.1) is 12.3 Å². The first-order valence-corrected chi connectivity index (χ1v) is 5.76. The van der Waals surface area contributed by atoms with Gasteiger partial charge in [-0.2, -0.15) is 0 Å². The topological polar surface area (TPSA) is 50.7 Å². The van der Waals surface area contributed by atoms with E-state index < -0.39 is 0 Å². The van der Waals surface area contributed by atoms with Crippen LogP contribution in [0.1, 0.15) is 5.56 Å². The minimum absolute atomic E-state index is 0.105. The van der Waals surface area contributed by atoms with Gasteiger partial charge in [-0.3, -0.25) is 0 Å². The third-order valence-corrected chi connectivity index (χ3v) is 3.24. The van der Waals surface area contributed by atoms with Gasteiger partial charge in [0.2, 0.25) is 0 Å². The molecular weight excluding hydrogens is 218 g/mol. The Morgan fingerprint density at radius 2 is 2.24 bits per heavy atom. The van der Waals surface area contributed by atoms with Crippen LogP contribution in [0.15, 0.2) is 18.2 Å². The smallest absolute Gasteiger partial charge is 0.119 e. The molecule has 1 aliphatic rings. The number of anilines is 1. The lowest BCUT2D eigenvalue weighted by Gasteiger charge is -2.40. The van der Waals surface area contributed by atoms with Gasteiger partial charge in [0, 0.05) is 12.2 Å². The zero-order valence-electron chi connectivity index (χ0n) is 10.3. The molecule has 0 atom stereocenters. The van der Waals surface area contributed by atoms with Gasteiger partial charge in [-0.25, -0.2) is 0 Å². The maximum absolute atomic E-state index is 9.33. The summed E-state index contributed by atoms with van der Waals surface area (Å²) in [6.45, 7) is 4.19. The second kappa shape index (κ2) is 4.94. The fourth-order valence-corrected chi connectivity index (χ4v) is 1.88. The summed E-state index contributed by atoms with van der Waals surface area (Å²) >= 11 is 0. The molecule has 17 heavy (non-hydrogen) atoms. The first-order chi connectivity index (χ1) is 8.19. The van der Waals surface area contributed by atoms with Crippen LogP contribution in [0.25, 0.3) is 0 Å². The van der Waals surface area contributed by atoms with Gasteiger partial charge in [0.15, 0.2) is 0 Å². The van der Waals surface area contributed by atoms with Crippen molar-refractivity contribution in [3.8, 4) is 5.75 Å². The molecule has 4 nitrogen and oxygen atoms in total. The van der Waals surface area contributed by atoms with E-state index in [9.17, 15) is 5.11 Å². The lowest BCUT2D eigenvalue weighted by Crippen LogP contribution is -2.50. The normalized spacial score (nSPS) is 17.4. The monoisotopic (exact) mass is 237 g/mol. The third-order valence-electron chi connectivity index (χ3n) is 3.24. The average Bonchev–Trinajstić information content (AvgIpc) is 2.30. The molecule has 0 aliphatic carbocycles. The molecule has 0 spiro atoms. The van der Waals surface area contributed by atoms with E-state index >= 15 is 0 Å². The highest BCUT2D eigenvalue weighted by Gasteiger charge is 2.37. The highest BCUT2D eigenvalue weighted by atomic mass is 16.5. The molecule has 1 aliphatic heterocycles. The number of aliphatic hydroxyl groups excluding tert-OH is 1. The Hall–Kier alpha value is -1.26. The third kappa shape index (κ3) is 2.53. The molecule has 0 amide bonds. The van der Waals surface area contributed by atoms with Crippen LogP contribution >= 0.6 is 0 Å². The number of ether oxygens (including phenoxy) is 2. The van der Waals surface area contributed by atoms with Gasteiger partial charge in [0.05, 0.1) is 32.3 Å². The molecule has 2 rings (SSSR count). The molecule has 1 aromatic rings. The Morgan fingerprint density at radius 1 is 1.47 bits per heavy atom. The van der Waals surface area contributed by atoms with Crippen LogP contribution in [-0.4, -0.2) is 38.6 Å². The molecule has 1 saturated heterocycles. The van der Waals surface area contributed by atoms with Crippen molar-refractivity contribution in [3.63, 3.8) is 0 Å².